The molecule has 6 nitrogen and oxygen atoms in total. The molecule has 116 valence electrons. The Labute approximate surface area is 128 Å². The van der Waals surface area contributed by atoms with Gasteiger partial charge in [0.1, 0.15) is 0 Å². The van der Waals surface area contributed by atoms with E-state index in [1.54, 1.807) is 19.2 Å². The number of esters is 2. The molecule has 0 saturated carbocycles. The highest BCUT2D eigenvalue weighted by molar-refractivity contribution is 6.11. The predicted molar refractivity (Wildman–Crippen MR) is 78.3 cm³/mol. The Bertz CT molecular complexity index is 635. The smallest absolute Gasteiger partial charge is 0.336 e. The second-order valence-electron chi connectivity index (χ2n) is 4.85. The molecular formula is C16H17NO5. The Kier molecular flexibility index (Phi) is 4.60. The Morgan fingerprint density at radius 1 is 1.14 bits per heavy atom. The monoisotopic (exact) mass is 303 g/mol. The van der Waals surface area contributed by atoms with E-state index in [-0.39, 0.29) is 17.9 Å². The van der Waals surface area contributed by atoms with Crippen LogP contribution in [0.25, 0.3) is 5.70 Å². The summed E-state index contributed by atoms with van der Waals surface area (Å²) in [6.45, 7) is 0. The van der Waals surface area contributed by atoms with E-state index in [4.69, 9.17) is 4.74 Å². The number of nitrogens with zero attached hydrogens (tertiary/aromatic N) is 1. The van der Waals surface area contributed by atoms with Crippen molar-refractivity contribution < 1.29 is 23.9 Å². The Morgan fingerprint density at radius 3 is 2.32 bits per heavy atom. The fourth-order valence-electron chi connectivity index (χ4n) is 2.55. The minimum Gasteiger partial charge on any atom is -0.469 e. The van der Waals surface area contributed by atoms with Crippen molar-refractivity contribution in [2.45, 2.75) is 6.42 Å². The van der Waals surface area contributed by atoms with Gasteiger partial charge in [-0.3, -0.25) is 9.59 Å². The van der Waals surface area contributed by atoms with E-state index in [0.717, 1.165) is 0 Å². The van der Waals surface area contributed by atoms with Crippen molar-refractivity contribution in [2.75, 3.05) is 21.3 Å². The molecule has 0 aromatic heterocycles. The first-order valence-corrected chi connectivity index (χ1v) is 6.73. The van der Waals surface area contributed by atoms with Gasteiger partial charge in [-0.1, -0.05) is 30.3 Å². The van der Waals surface area contributed by atoms with Gasteiger partial charge in [0, 0.05) is 7.05 Å². The highest BCUT2D eigenvalue weighted by atomic mass is 16.5. The summed E-state index contributed by atoms with van der Waals surface area (Å²) in [5.41, 5.74) is 1.36. The summed E-state index contributed by atoms with van der Waals surface area (Å²) < 4.78 is 9.41. The van der Waals surface area contributed by atoms with Crippen LogP contribution in [0.5, 0.6) is 0 Å². The molecule has 2 rings (SSSR count). The molecule has 1 atom stereocenters. The van der Waals surface area contributed by atoms with Gasteiger partial charge in [0.15, 0.2) is 0 Å². The molecule has 1 unspecified atom stereocenters. The van der Waals surface area contributed by atoms with Gasteiger partial charge in [0.25, 0.3) is 0 Å². The van der Waals surface area contributed by atoms with Gasteiger partial charge in [-0.05, 0) is 5.56 Å². The second kappa shape index (κ2) is 6.43. The molecule has 22 heavy (non-hydrogen) atoms. The summed E-state index contributed by atoms with van der Waals surface area (Å²) in [5, 5.41) is 0. The fourth-order valence-corrected chi connectivity index (χ4v) is 2.55. The topological polar surface area (TPSA) is 72.9 Å². The highest BCUT2D eigenvalue weighted by Gasteiger charge is 2.43. The van der Waals surface area contributed by atoms with Crippen LogP contribution >= 0.6 is 0 Å². The Morgan fingerprint density at radius 2 is 1.77 bits per heavy atom. The number of methoxy groups -OCH3 is 2. The second-order valence-corrected chi connectivity index (χ2v) is 4.85. The lowest BCUT2D eigenvalue weighted by Gasteiger charge is -2.15. The van der Waals surface area contributed by atoms with Gasteiger partial charge in [-0.25, -0.2) is 4.79 Å². The van der Waals surface area contributed by atoms with Crippen LogP contribution < -0.4 is 0 Å². The number of hydrogen-bond donors (Lipinski definition) is 0. The zero-order chi connectivity index (χ0) is 16.3. The minimum absolute atomic E-state index is 0.187. The molecule has 0 aliphatic carbocycles. The van der Waals surface area contributed by atoms with E-state index in [0.29, 0.717) is 11.3 Å². The molecule has 0 fully saturated rings. The quantitative estimate of drug-likeness (QED) is 0.782. The zero-order valence-electron chi connectivity index (χ0n) is 12.7. The standard InChI is InChI=1S/C16H17NO5/c1-17-14(10-7-5-4-6-8-10)13(16(20)22-3)11(15(17)19)9-12(18)21-2/h4-8,11H,9H2,1-3H3. The van der Waals surface area contributed by atoms with Gasteiger partial charge >= 0.3 is 11.9 Å². The molecular weight excluding hydrogens is 286 g/mol. The molecule has 1 heterocycles. The fraction of sp³-hybridized carbons (Fsp3) is 0.312. The molecule has 1 aliphatic rings. The van der Waals surface area contributed by atoms with E-state index >= 15 is 0 Å². The third-order valence-electron chi connectivity index (χ3n) is 3.62. The third-order valence-corrected chi connectivity index (χ3v) is 3.62. The normalized spacial score (nSPS) is 17.7. The first-order valence-electron chi connectivity index (χ1n) is 6.73. The first kappa shape index (κ1) is 15.8. The molecule has 0 N–H and O–H groups in total. The summed E-state index contributed by atoms with van der Waals surface area (Å²) in [6.07, 6.45) is -0.194. The molecule has 0 spiro atoms. The maximum Gasteiger partial charge on any atom is 0.336 e. The summed E-state index contributed by atoms with van der Waals surface area (Å²) in [7, 11) is 4.06. The van der Waals surface area contributed by atoms with Crippen molar-refractivity contribution in [3.05, 3.63) is 41.5 Å². The van der Waals surface area contributed by atoms with Gasteiger partial charge < -0.3 is 14.4 Å². The van der Waals surface area contributed by atoms with Crippen molar-refractivity contribution in [1.82, 2.24) is 4.90 Å². The lowest BCUT2D eigenvalue weighted by molar-refractivity contribution is -0.145. The molecule has 1 aliphatic heterocycles. The van der Waals surface area contributed by atoms with Crippen LogP contribution in [0.1, 0.15) is 12.0 Å². The SMILES string of the molecule is COC(=O)CC1C(=O)N(C)C(c2ccccc2)=C1C(=O)OC. The van der Waals surface area contributed by atoms with Crippen molar-refractivity contribution in [3.8, 4) is 0 Å². The van der Waals surface area contributed by atoms with E-state index in [1.165, 1.54) is 19.1 Å². The van der Waals surface area contributed by atoms with Gasteiger partial charge in [0.2, 0.25) is 5.91 Å². The van der Waals surface area contributed by atoms with Gasteiger partial charge in [-0.15, -0.1) is 0 Å². The van der Waals surface area contributed by atoms with Crippen LogP contribution in [0.3, 0.4) is 0 Å². The number of carbonyl (C=O) groups excluding carboxylic acids is 3. The van der Waals surface area contributed by atoms with Gasteiger partial charge in [-0.2, -0.15) is 0 Å². The van der Waals surface area contributed by atoms with Crippen molar-refractivity contribution >= 4 is 23.5 Å². The number of amides is 1. The molecule has 6 heteroatoms. The maximum atomic E-state index is 12.4. The summed E-state index contributed by atoms with van der Waals surface area (Å²) in [4.78, 5) is 37.5. The minimum atomic E-state index is -0.889. The highest BCUT2D eigenvalue weighted by Crippen LogP contribution is 2.37. The zero-order valence-corrected chi connectivity index (χ0v) is 12.7. The third kappa shape index (κ3) is 2.72. The number of hydrogen-bond acceptors (Lipinski definition) is 5. The molecule has 0 saturated heterocycles. The van der Waals surface area contributed by atoms with Crippen LogP contribution in [0.15, 0.2) is 35.9 Å². The largest absolute Gasteiger partial charge is 0.469 e. The average Bonchev–Trinajstić information content (AvgIpc) is 2.79. The lowest BCUT2D eigenvalue weighted by atomic mass is 9.95. The van der Waals surface area contributed by atoms with Crippen LogP contribution in [0.4, 0.5) is 0 Å². The van der Waals surface area contributed by atoms with E-state index in [9.17, 15) is 14.4 Å². The van der Waals surface area contributed by atoms with Crippen LogP contribution in [-0.4, -0.2) is 44.0 Å². The van der Waals surface area contributed by atoms with E-state index in [2.05, 4.69) is 4.74 Å². The lowest BCUT2D eigenvalue weighted by Crippen LogP contribution is -2.27. The number of rotatable bonds is 4. The van der Waals surface area contributed by atoms with Gasteiger partial charge in [0.05, 0.1) is 37.8 Å². The number of ether oxygens (including phenoxy) is 2. The maximum absolute atomic E-state index is 12.4. The first-order chi connectivity index (χ1) is 10.5. The predicted octanol–water partition coefficient (Wildman–Crippen LogP) is 1.22. The van der Waals surface area contributed by atoms with Crippen molar-refractivity contribution in [1.29, 1.82) is 0 Å². The Hall–Kier alpha value is -2.63. The molecule has 1 amide bonds. The van der Waals surface area contributed by atoms with Crippen molar-refractivity contribution in [2.24, 2.45) is 5.92 Å². The van der Waals surface area contributed by atoms with E-state index < -0.39 is 17.9 Å². The average molecular weight is 303 g/mol. The van der Waals surface area contributed by atoms with E-state index in [1.807, 2.05) is 18.2 Å². The van der Waals surface area contributed by atoms with Crippen molar-refractivity contribution in [3.63, 3.8) is 0 Å². The number of carbonyl (C=O) groups is 3. The summed E-state index contributed by atoms with van der Waals surface area (Å²) in [5.74, 6) is -2.39. The molecule has 1 aromatic rings. The summed E-state index contributed by atoms with van der Waals surface area (Å²) in [6, 6.07) is 9.04. The summed E-state index contributed by atoms with van der Waals surface area (Å²) >= 11 is 0. The number of benzene rings is 1. The van der Waals surface area contributed by atoms with Crippen LogP contribution in [0.2, 0.25) is 0 Å². The Balaban J connectivity index is 2.56. The molecule has 0 radical (unpaired) electrons. The molecule has 1 aromatic carbocycles. The van der Waals surface area contributed by atoms with Crippen LogP contribution in [-0.2, 0) is 23.9 Å². The van der Waals surface area contributed by atoms with Crippen LogP contribution in [0, 0.1) is 5.92 Å². The molecule has 0 bridgehead atoms.